The molecule has 11 heavy (non-hydrogen) atoms. The molecule has 0 fully saturated rings. The standard InChI is InChI=1S/C7H15NO2S/c1-4(3-5(2)11)6(8)7(9)10/h4-6,11H,3,8H2,1-2H3,(H,9,10)/t4-,5?,6?/m1/s1. The van der Waals surface area contributed by atoms with Crippen LogP contribution in [0.5, 0.6) is 0 Å². The number of rotatable bonds is 4. The Kier molecular flexibility index (Phi) is 4.52. The molecule has 4 heteroatoms. The highest BCUT2D eigenvalue weighted by atomic mass is 32.1. The van der Waals surface area contributed by atoms with Crippen molar-refractivity contribution < 1.29 is 9.90 Å². The highest BCUT2D eigenvalue weighted by Gasteiger charge is 2.20. The quantitative estimate of drug-likeness (QED) is 0.555. The van der Waals surface area contributed by atoms with E-state index in [4.69, 9.17) is 10.8 Å². The molecule has 3 nitrogen and oxygen atoms in total. The second-order valence-electron chi connectivity index (χ2n) is 2.93. The predicted octanol–water partition coefficient (Wildman–Crippen LogP) is 0.743. The fourth-order valence-corrected chi connectivity index (χ4v) is 1.26. The van der Waals surface area contributed by atoms with Gasteiger partial charge < -0.3 is 10.8 Å². The molecule has 3 N–H and O–H groups in total. The zero-order valence-electron chi connectivity index (χ0n) is 6.82. The van der Waals surface area contributed by atoms with Crippen LogP contribution in [0.2, 0.25) is 0 Å². The van der Waals surface area contributed by atoms with Gasteiger partial charge in [0.15, 0.2) is 0 Å². The molecule has 2 unspecified atom stereocenters. The number of aliphatic carboxylic acids is 1. The second kappa shape index (κ2) is 4.62. The van der Waals surface area contributed by atoms with Crippen LogP contribution >= 0.6 is 12.6 Å². The molecule has 0 aromatic rings. The van der Waals surface area contributed by atoms with Gasteiger partial charge in [-0.05, 0) is 17.6 Å². The van der Waals surface area contributed by atoms with Crippen molar-refractivity contribution in [2.24, 2.45) is 11.7 Å². The summed E-state index contributed by atoms with van der Waals surface area (Å²) in [5.41, 5.74) is 5.37. The van der Waals surface area contributed by atoms with E-state index in [-0.39, 0.29) is 11.2 Å². The van der Waals surface area contributed by atoms with Gasteiger partial charge in [-0.25, -0.2) is 0 Å². The Labute approximate surface area is 72.4 Å². The smallest absolute Gasteiger partial charge is 0.320 e. The summed E-state index contributed by atoms with van der Waals surface area (Å²) >= 11 is 4.15. The van der Waals surface area contributed by atoms with E-state index < -0.39 is 12.0 Å². The molecule has 0 radical (unpaired) electrons. The van der Waals surface area contributed by atoms with Gasteiger partial charge in [0, 0.05) is 0 Å². The fourth-order valence-electron chi connectivity index (χ4n) is 0.928. The summed E-state index contributed by atoms with van der Waals surface area (Å²) < 4.78 is 0. The highest BCUT2D eigenvalue weighted by molar-refractivity contribution is 7.80. The van der Waals surface area contributed by atoms with E-state index in [0.717, 1.165) is 6.42 Å². The molecule has 0 saturated heterocycles. The number of carboxylic acids is 1. The van der Waals surface area contributed by atoms with Crippen molar-refractivity contribution in [2.45, 2.75) is 31.6 Å². The van der Waals surface area contributed by atoms with E-state index >= 15 is 0 Å². The Morgan fingerprint density at radius 3 is 2.36 bits per heavy atom. The van der Waals surface area contributed by atoms with Crippen molar-refractivity contribution >= 4 is 18.6 Å². The maximum Gasteiger partial charge on any atom is 0.320 e. The summed E-state index contributed by atoms with van der Waals surface area (Å²) in [6, 6.07) is -0.760. The summed E-state index contributed by atoms with van der Waals surface area (Å²) in [5, 5.41) is 8.72. The van der Waals surface area contributed by atoms with Gasteiger partial charge in [-0.2, -0.15) is 12.6 Å². The van der Waals surface area contributed by atoms with E-state index in [1.807, 2.05) is 13.8 Å². The fraction of sp³-hybridized carbons (Fsp3) is 0.857. The third-order valence-electron chi connectivity index (χ3n) is 1.61. The summed E-state index contributed by atoms with van der Waals surface area (Å²) in [7, 11) is 0. The van der Waals surface area contributed by atoms with Crippen LogP contribution in [0.25, 0.3) is 0 Å². The van der Waals surface area contributed by atoms with Crippen LogP contribution in [0, 0.1) is 5.92 Å². The first kappa shape index (κ1) is 10.8. The lowest BCUT2D eigenvalue weighted by molar-refractivity contribution is -0.139. The molecule has 0 rings (SSSR count). The predicted molar refractivity (Wildman–Crippen MR) is 47.8 cm³/mol. The third-order valence-corrected chi connectivity index (χ3v) is 1.82. The zero-order chi connectivity index (χ0) is 9.02. The van der Waals surface area contributed by atoms with E-state index in [2.05, 4.69) is 12.6 Å². The van der Waals surface area contributed by atoms with Crippen molar-refractivity contribution in [2.75, 3.05) is 0 Å². The number of nitrogens with two attached hydrogens (primary N) is 1. The molecule has 0 spiro atoms. The minimum absolute atomic E-state index is 0.0139. The lowest BCUT2D eigenvalue weighted by atomic mass is 9.98. The molecule has 0 amide bonds. The lowest BCUT2D eigenvalue weighted by Crippen LogP contribution is -2.37. The summed E-state index contributed by atoms with van der Waals surface area (Å²) in [6.07, 6.45) is 0.733. The van der Waals surface area contributed by atoms with Crippen LogP contribution in [0.4, 0.5) is 0 Å². The Balaban J connectivity index is 3.82. The Bertz CT molecular complexity index is 138. The first-order valence-corrected chi connectivity index (χ1v) is 4.13. The minimum Gasteiger partial charge on any atom is -0.480 e. The number of hydrogen-bond acceptors (Lipinski definition) is 3. The second-order valence-corrected chi connectivity index (χ2v) is 3.81. The summed E-state index contributed by atoms with van der Waals surface area (Å²) in [6.45, 7) is 3.75. The van der Waals surface area contributed by atoms with Crippen LogP contribution in [-0.4, -0.2) is 22.4 Å². The van der Waals surface area contributed by atoms with Gasteiger partial charge in [-0.1, -0.05) is 13.8 Å². The lowest BCUT2D eigenvalue weighted by Gasteiger charge is -2.16. The monoisotopic (exact) mass is 177 g/mol. The molecule has 0 aromatic heterocycles. The van der Waals surface area contributed by atoms with E-state index in [1.54, 1.807) is 0 Å². The molecule has 0 saturated carbocycles. The molecule has 0 aliphatic rings. The Morgan fingerprint density at radius 1 is 1.64 bits per heavy atom. The SMILES string of the molecule is CC(S)C[C@@H](C)C(N)C(=O)O. The normalized spacial score (nSPS) is 18.9. The van der Waals surface area contributed by atoms with Gasteiger partial charge in [-0.3, -0.25) is 4.79 Å². The van der Waals surface area contributed by atoms with Crippen molar-refractivity contribution in [3.8, 4) is 0 Å². The molecule has 66 valence electrons. The minimum atomic E-state index is -0.938. The Hall–Kier alpha value is -0.220. The molecular weight excluding hydrogens is 162 g/mol. The van der Waals surface area contributed by atoms with Crippen molar-refractivity contribution in [3.05, 3.63) is 0 Å². The van der Waals surface area contributed by atoms with Gasteiger partial charge in [-0.15, -0.1) is 0 Å². The molecule has 0 aliphatic carbocycles. The third kappa shape index (κ3) is 4.27. The van der Waals surface area contributed by atoms with Crippen molar-refractivity contribution in [3.63, 3.8) is 0 Å². The van der Waals surface area contributed by atoms with Crippen molar-refractivity contribution in [1.29, 1.82) is 0 Å². The molecule has 3 atom stereocenters. The van der Waals surface area contributed by atoms with E-state index in [9.17, 15) is 4.79 Å². The van der Waals surface area contributed by atoms with Crippen molar-refractivity contribution in [1.82, 2.24) is 0 Å². The first-order valence-electron chi connectivity index (χ1n) is 3.61. The van der Waals surface area contributed by atoms with Gasteiger partial charge in [0.25, 0.3) is 0 Å². The largest absolute Gasteiger partial charge is 0.480 e. The highest BCUT2D eigenvalue weighted by Crippen LogP contribution is 2.12. The van der Waals surface area contributed by atoms with Crippen LogP contribution < -0.4 is 5.73 Å². The number of thiol groups is 1. The van der Waals surface area contributed by atoms with Gasteiger partial charge in [0.05, 0.1) is 0 Å². The van der Waals surface area contributed by atoms with Crippen LogP contribution in [0.1, 0.15) is 20.3 Å². The van der Waals surface area contributed by atoms with Gasteiger partial charge in [0.1, 0.15) is 6.04 Å². The molecule has 0 bridgehead atoms. The maximum atomic E-state index is 10.4. The summed E-state index contributed by atoms with van der Waals surface area (Å²) in [4.78, 5) is 10.4. The van der Waals surface area contributed by atoms with Crippen LogP contribution in [-0.2, 0) is 4.79 Å². The van der Waals surface area contributed by atoms with Crippen LogP contribution in [0.15, 0.2) is 0 Å². The molecule has 0 aliphatic heterocycles. The van der Waals surface area contributed by atoms with E-state index in [1.165, 1.54) is 0 Å². The number of carboxylic acid groups (broad SMARTS) is 1. The number of carbonyl (C=O) groups is 1. The molecule has 0 heterocycles. The van der Waals surface area contributed by atoms with E-state index in [0.29, 0.717) is 0 Å². The van der Waals surface area contributed by atoms with Crippen LogP contribution in [0.3, 0.4) is 0 Å². The molecule has 0 aromatic carbocycles. The molecular formula is C7H15NO2S. The first-order chi connectivity index (χ1) is 4.95. The maximum absolute atomic E-state index is 10.4. The van der Waals surface area contributed by atoms with Gasteiger partial charge in [0.2, 0.25) is 0 Å². The average Bonchev–Trinajstić information content (AvgIpc) is 1.84. The summed E-state index contributed by atoms with van der Waals surface area (Å²) in [5.74, 6) is -0.952. The van der Waals surface area contributed by atoms with Gasteiger partial charge >= 0.3 is 5.97 Å². The topological polar surface area (TPSA) is 63.3 Å². The number of hydrogen-bond donors (Lipinski definition) is 3. The average molecular weight is 177 g/mol. The Morgan fingerprint density at radius 2 is 2.09 bits per heavy atom. The zero-order valence-corrected chi connectivity index (χ0v) is 7.71.